The van der Waals surface area contributed by atoms with Crippen molar-refractivity contribution in [1.82, 2.24) is 5.32 Å². The van der Waals surface area contributed by atoms with Crippen molar-refractivity contribution in [2.75, 3.05) is 6.61 Å². The Bertz CT molecular complexity index is 869. The lowest BCUT2D eigenvalue weighted by atomic mass is 9.49. The molecule has 0 heterocycles. The van der Waals surface area contributed by atoms with Crippen LogP contribution in [0.4, 0.5) is 0 Å². The topological polar surface area (TPSA) is 124 Å². The molecular formula is C23H31NO6. The summed E-state index contributed by atoms with van der Waals surface area (Å²) in [6.45, 7) is 5.84. The fraction of sp³-hybridized carbons (Fsp3) is 0.609. The second-order valence-electron chi connectivity index (χ2n) is 9.42. The van der Waals surface area contributed by atoms with Gasteiger partial charge in [-0.2, -0.15) is 0 Å². The lowest BCUT2D eigenvalue weighted by Gasteiger charge is -2.55. The Hall–Kier alpha value is -2.41. The van der Waals surface area contributed by atoms with Gasteiger partial charge in [-0.05, 0) is 55.8 Å². The van der Waals surface area contributed by atoms with Gasteiger partial charge in [0.25, 0.3) is 0 Å². The first-order valence-corrected chi connectivity index (χ1v) is 10.5. The lowest BCUT2D eigenvalue weighted by Crippen LogP contribution is -2.47. The molecule has 0 aromatic heterocycles. The van der Waals surface area contributed by atoms with Crippen LogP contribution in [0.25, 0.3) is 0 Å². The third kappa shape index (κ3) is 3.71. The minimum atomic E-state index is -1.39. The lowest BCUT2D eigenvalue weighted by molar-refractivity contribution is -0.140. The summed E-state index contributed by atoms with van der Waals surface area (Å²) in [6.07, 6.45) is 8.39. The van der Waals surface area contributed by atoms with Gasteiger partial charge in [-0.3, -0.25) is 9.59 Å². The first-order chi connectivity index (χ1) is 14.0. The van der Waals surface area contributed by atoms with Crippen LogP contribution in [0, 0.1) is 16.7 Å². The monoisotopic (exact) mass is 417 g/mol. The van der Waals surface area contributed by atoms with E-state index in [9.17, 15) is 24.6 Å². The number of Topliss-reactive ketones (excluding diaryl/α,β-unsaturated/α-hetero) is 1. The van der Waals surface area contributed by atoms with E-state index in [1.165, 1.54) is 5.57 Å². The number of aliphatic hydroxyl groups is 2. The van der Waals surface area contributed by atoms with Gasteiger partial charge in [0, 0.05) is 11.6 Å². The number of fused-ring (bicyclic) bond motifs is 1. The molecule has 4 atom stereocenters. The van der Waals surface area contributed by atoms with Gasteiger partial charge in [0.1, 0.15) is 11.8 Å². The molecule has 3 aliphatic carbocycles. The fourth-order valence-corrected chi connectivity index (χ4v) is 5.76. The molecule has 30 heavy (non-hydrogen) atoms. The highest BCUT2D eigenvalue weighted by Gasteiger charge is 2.51. The number of allylic oxidation sites excluding steroid dienone is 4. The summed E-state index contributed by atoms with van der Waals surface area (Å²) >= 11 is 0. The van der Waals surface area contributed by atoms with Gasteiger partial charge in [0.05, 0.1) is 12.3 Å². The average molecular weight is 418 g/mol. The summed E-state index contributed by atoms with van der Waals surface area (Å²) in [7, 11) is 0. The number of carbonyl (C=O) groups excluding carboxylic acids is 2. The zero-order valence-electron chi connectivity index (χ0n) is 17.8. The second-order valence-corrected chi connectivity index (χ2v) is 9.42. The van der Waals surface area contributed by atoms with Crippen molar-refractivity contribution in [3.05, 3.63) is 34.8 Å². The number of aliphatic hydroxyl groups excluding tert-OH is 2. The predicted octanol–water partition coefficient (Wildman–Crippen LogP) is 2.81. The molecular weight excluding hydrogens is 386 g/mol. The highest BCUT2D eigenvalue weighted by molar-refractivity contribution is 6.48. The van der Waals surface area contributed by atoms with Crippen molar-refractivity contribution in [2.24, 2.45) is 16.7 Å². The Balaban J connectivity index is 1.95. The molecule has 0 aromatic rings. The molecule has 7 heteroatoms. The van der Waals surface area contributed by atoms with E-state index in [2.05, 4.69) is 32.2 Å². The maximum absolute atomic E-state index is 12.7. The maximum atomic E-state index is 12.7. The van der Waals surface area contributed by atoms with E-state index in [1.807, 2.05) is 0 Å². The van der Waals surface area contributed by atoms with E-state index in [4.69, 9.17) is 5.11 Å². The van der Waals surface area contributed by atoms with E-state index in [0.717, 1.165) is 38.2 Å². The van der Waals surface area contributed by atoms with Crippen molar-refractivity contribution < 1.29 is 29.7 Å². The Morgan fingerprint density at radius 3 is 2.63 bits per heavy atom. The molecule has 3 rings (SSSR count). The summed E-state index contributed by atoms with van der Waals surface area (Å²) in [5, 5.41) is 31.7. The number of ketones is 2. The van der Waals surface area contributed by atoms with Crippen LogP contribution in [0.2, 0.25) is 0 Å². The quantitative estimate of drug-likeness (QED) is 0.298. The molecule has 1 unspecified atom stereocenters. The summed E-state index contributed by atoms with van der Waals surface area (Å²) in [5.74, 6) is -2.94. The summed E-state index contributed by atoms with van der Waals surface area (Å²) in [4.78, 5) is 36.2. The van der Waals surface area contributed by atoms with Crippen LogP contribution in [0.5, 0.6) is 0 Å². The van der Waals surface area contributed by atoms with Gasteiger partial charge >= 0.3 is 5.97 Å². The van der Waals surface area contributed by atoms with Crippen molar-refractivity contribution in [3.63, 3.8) is 0 Å². The zero-order chi connectivity index (χ0) is 22.3. The van der Waals surface area contributed by atoms with Crippen molar-refractivity contribution in [1.29, 1.82) is 0 Å². The Kier molecular flexibility index (Phi) is 5.96. The Labute approximate surface area is 176 Å². The van der Waals surface area contributed by atoms with E-state index in [-0.39, 0.29) is 28.5 Å². The third-order valence-electron chi connectivity index (χ3n) is 7.57. The van der Waals surface area contributed by atoms with Gasteiger partial charge in [0.2, 0.25) is 11.6 Å². The number of carbonyl (C=O) groups is 3. The first kappa shape index (κ1) is 22.3. The molecule has 3 aliphatic rings. The molecule has 164 valence electrons. The van der Waals surface area contributed by atoms with Crippen LogP contribution in [0.3, 0.4) is 0 Å². The molecule has 1 saturated carbocycles. The van der Waals surface area contributed by atoms with Crippen molar-refractivity contribution in [2.45, 2.75) is 65.3 Å². The maximum Gasteiger partial charge on any atom is 0.328 e. The smallest absolute Gasteiger partial charge is 0.328 e. The average Bonchev–Trinajstić information content (AvgIpc) is 2.68. The molecule has 0 spiro atoms. The molecule has 0 radical (unpaired) electrons. The van der Waals surface area contributed by atoms with Crippen LogP contribution in [-0.2, 0) is 14.4 Å². The number of carboxylic acid groups (broad SMARTS) is 1. The van der Waals surface area contributed by atoms with Gasteiger partial charge < -0.3 is 20.6 Å². The second kappa shape index (κ2) is 8.02. The van der Waals surface area contributed by atoms with Crippen LogP contribution in [-0.4, -0.2) is 45.5 Å². The fourth-order valence-electron chi connectivity index (χ4n) is 5.76. The van der Waals surface area contributed by atoms with E-state index >= 15 is 0 Å². The van der Waals surface area contributed by atoms with Gasteiger partial charge in [0.15, 0.2) is 0 Å². The predicted molar refractivity (Wildman–Crippen MR) is 111 cm³/mol. The zero-order valence-corrected chi connectivity index (χ0v) is 17.8. The van der Waals surface area contributed by atoms with Crippen molar-refractivity contribution in [3.8, 4) is 0 Å². The summed E-state index contributed by atoms with van der Waals surface area (Å²) < 4.78 is 0. The molecule has 1 fully saturated rings. The number of aliphatic carboxylic acids is 1. The van der Waals surface area contributed by atoms with Crippen LogP contribution < -0.4 is 5.32 Å². The number of hydrogen-bond acceptors (Lipinski definition) is 6. The molecule has 0 aliphatic heterocycles. The molecule has 0 bridgehead atoms. The molecule has 0 amide bonds. The first-order valence-electron chi connectivity index (χ1n) is 10.5. The highest BCUT2D eigenvalue weighted by Crippen LogP contribution is 2.60. The highest BCUT2D eigenvalue weighted by atomic mass is 16.4. The SMILES string of the molecule is CC1=CCCC2[C@](C)(CC3=C(O)C(N[C@@H](CO)C(=O)O)=CC(=O)C3=O)CCC[C@]12C. The van der Waals surface area contributed by atoms with Crippen LogP contribution >= 0.6 is 0 Å². The van der Waals surface area contributed by atoms with Gasteiger partial charge in [-0.25, -0.2) is 4.79 Å². The number of hydrogen-bond donors (Lipinski definition) is 4. The number of rotatable bonds is 6. The largest absolute Gasteiger partial charge is 0.505 e. The van der Waals surface area contributed by atoms with E-state index in [1.54, 1.807) is 0 Å². The third-order valence-corrected chi connectivity index (χ3v) is 7.57. The summed E-state index contributed by atoms with van der Waals surface area (Å²) in [5.41, 5.74) is 1.03. The van der Waals surface area contributed by atoms with Gasteiger partial charge in [-0.15, -0.1) is 0 Å². The standard InChI is InChI=1S/C23H31NO6/c1-13-6-4-7-18-22(2,8-5-9-23(13,18)3)11-14-19(27)15(10-17(26)20(14)28)24-16(12-25)21(29)30/h6,10,16,18,24-25,27H,4-5,7-9,11-12H2,1-3H3,(H,29,30)/t16-,18?,22-,23+/m0/s1. The van der Waals surface area contributed by atoms with Crippen LogP contribution in [0.1, 0.15) is 59.3 Å². The molecule has 0 aromatic carbocycles. The molecule has 7 nitrogen and oxygen atoms in total. The number of nitrogens with one attached hydrogen (secondary N) is 1. The van der Waals surface area contributed by atoms with E-state index < -0.39 is 35.9 Å². The number of carboxylic acids is 1. The van der Waals surface area contributed by atoms with Crippen LogP contribution in [0.15, 0.2) is 34.8 Å². The summed E-state index contributed by atoms with van der Waals surface area (Å²) in [6, 6.07) is -1.39. The van der Waals surface area contributed by atoms with Gasteiger partial charge in [-0.1, -0.05) is 31.9 Å². The van der Waals surface area contributed by atoms with Crippen molar-refractivity contribution >= 4 is 17.5 Å². The normalized spacial score (nSPS) is 32.9. The molecule has 0 saturated heterocycles. The minimum Gasteiger partial charge on any atom is -0.505 e. The molecule has 4 N–H and O–H groups in total. The Morgan fingerprint density at radius 2 is 2.00 bits per heavy atom. The van der Waals surface area contributed by atoms with E-state index in [0.29, 0.717) is 5.92 Å². The Morgan fingerprint density at radius 1 is 1.30 bits per heavy atom. The minimum absolute atomic E-state index is 0.0331.